The Morgan fingerprint density at radius 1 is 1.04 bits per heavy atom. The summed E-state index contributed by atoms with van der Waals surface area (Å²) in [6, 6.07) is 10.4. The van der Waals surface area contributed by atoms with Crippen LogP contribution in [0, 0.1) is 0 Å². The van der Waals surface area contributed by atoms with E-state index in [-0.39, 0.29) is 16.5 Å². The van der Waals surface area contributed by atoms with E-state index in [1.165, 1.54) is 6.07 Å². The van der Waals surface area contributed by atoms with Gasteiger partial charge in [-0.2, -0.15) is 17.9 Å². The van der Waals surface area contributed by atoms with Crippen LogP contribution in [0.1, 0.15) is 5.82 Å². The Morgan fingerprint density at radius 2 is 1.72 bits per heavy atom. The molecule has 0 bridgehead atoms. The third kappa shape index (κ3) is 3.51. The number of aromatic nitrogens is 4. The zero-order chi connectivity index (χ0) is 18.2. The molecule has 0 saturated carbocycles. The van der Waals surface area contributed by atoms with E-state index in [0.717, 1.165) is 16.9 Å². The van der Waals surface area contributed by atoms with Crippen molar-refractivity contribution in [3.63, 3.8) is 0 Å². The smallest absolute Gasteiger partial charge is 0.236 e. The number of alkyl halides is 3. The highest BCUT2D eigenvalue weighted by molar-refractivity contribution is 7.89. The van der Waals surface area contributed by atoms with Crippen molar-refractivity contribution in [2.75, 3.05) is 0 Å². The number of benzene rings is 1. The van der Waals surface area contributed by atoms with Crippen molar-refractivity contribution in [1.29, 1.82) is 0 Å². The molecule has 0 unspecified atom stereocenters. The van der Waals surface area contributed by atoms with Gasteiger partial charge in [0.2, 0.25) is 10.0 Å². The first-order chi connectivity index (χ1) is 11.7. The van der Waals surface area contributed by atoms with Gasteiger partial charge in [0.25, 0.3) is 5.82 Å². The maximum Gasteiger partial charge on any atom is 0.453 e. The molecule has 1 aromatic carbocycles. The minimum absolute atomic E-state index is 0.0331. The zero-order valence-corrected chi connectivity index (χ0v) is 13.2. The molecule has 0 aliphatic rings. The van der Waals surface area contributed by atoms with Crippen molar-refractivity contribution in [2.45, 2.75) is 11.1 Å². The lowest BCUT2D eigenvalue weighted by molar-refractivity contribution is -0.144. The first-order valence-electron chi connectivity index (χ1n) is 6.75. The number of pyridine rings is 1. The van der Waals surface area contributed by atoms with Crippen LogP contribution < -0.4 is 5.14 Å². The van der Waals surface area contributed by atoms with Crippen LogP contribution in [0.25, 0.3) is 17.2 Å². The number of sulfonamides is 1. The van der Waals surface area contributed by atoms with Crippen LogP contribution in [-0.2, 0) is 16.2 Å². The topological polar surface area (TPSA) is 104 Å². The third-order valence-corrected chi connectivity index (χ3v) is 4.06. The predicted octanol–water partition coefficient (Wildman–Crippen LogP) is 2.00. The average Bonchev–Trinajstić information content (AvgIpc) is 3.00. The molecular weight excluding hydrogens is 359 g/mol. The zero-order valence-electron chi connectivity index (χ0n) is 12.3. The number of primary sulfonamides is 1. The highest BCUT2D eigenvalue weighted by Gasteiger charge is 2.37. The predicted molar refractivity (Wildman–Crippen MR) is 81.0 cm³/mol. The Hall–Kier alpha value is -2.79. The van der Waals surface area contributed by atoms with Crippen LogP contribution in [0.5, 0.6) is 0 Å². The molecule has 2 heterocycles. The summed E-state index contributed by atoms with van der Waals surface area (Å²) in [5, 5.41) is 8.43. The SMILES string of the molecule is NS(=O)(=O)c1ccc(-n2nc(C(F)(F)F)nc2-c2ccccc2)nc1. The molecule has 11 heteroatoms. The molecule has 2 aromatic heterocycles. The van der Waals surface area contributed by atoms with Gasteiger partial charge in [0, 0.05) is 11.8 Å². The molecule has 0 saturated heterocycles. The number of nitrogens with two attached hydrogens (primary N) is 1. The van der Waals surface area contributed by atoms with Crippen molar-refractivity contribution in [3.8, 4) is 17.2 Å². The molecule has 130 valence electrons. The Balaban J connectivity index is 2.16. The van der Waals surface area contributed by atoms with Crippen molar-refractivity contribution in [3.05, 3.63) is 54.5 Å². The molecule has 0 aliphatic heterocycles. The maximum atomic E-state index is 13.0. The molecule has 7 nitrogen and oxygen atoms in total. The molecule has 3 aromatic rings. The Kier molecular flexibility index (Phi) is 4.05. The van der Waals surface area contributed by atoms with Crippen molar-refractivity contribution >= 4 is 10.0 Å². The molecule has 0 amide bonds. The maximum absolute atomic E-state index is 13.0. The second-order valence-corrected chi connectivity index (χ2v) is 6.49. The first kappa shape index (κ1) is 17.0. The minimum atomic E-state index is -4.74. The van der Waals surface area contributed by atoms with Crippen molar-refractivity contribution in [1.82, 2.24) is 19.7 Å². The van der Waals surface area contributed by atoms with Crippen LogP contribution in [-0.4, -0.2) is 28.2 Å². The fraction of sp³-hybridized carbons (Fsp3) is 0.0714. The third-order valence-electron chi connectivity index (χ3n) is 3.16. The second kappa shape index (κ2) is 5.93. The molecule has 3 rings (SSSR count). The molecule has 0 fully saturated rings. The van der Waals surface area contributed by atoms with E-state index < -0.39 is 22.0 Å². The number of nitrogens with zero attached hydrogens (tertiary/aromatic N) is 4. The standard InChI is InChI=1S/C14H10F3N5O2S/c15-14(16,17)13-20-12(9-4-2-1-3-5-9)22(21-13)11-7-6-10(8-19-11)25(18,23)24/h1-8H,(H2,18,23,24). The highest BCUT2D eigenvalue weighted by Crippen LogP contribution is 2.30. The summed E-state index contributed by atoms with van der Waals surface area (Å²) in [6.45, 7) is 0. The van der Waals surface area contributed by atoms with E-state index in [2.05, 4.69) is 15.1 Å². The van der Waals surface area contributed by atoms with Crippen molar-refractivity contribution < 1.29 is 21.6 Å². The molecular formula is C14H10F3N5O2S. The van der Waals surface area contributed by atoms with E-state index in [4.69, 9.17) is 5.14 Å². The lowest BCUT2D eigenvalue weighted by atomic mass is 10.2. The van der Waals surface area contributed by atoms with Crippen LogP contribution >= 0.6 is 0 Å². The van der Waals surface area contributed by atoms with Crippen LogP contribution in [0.3, 0.4) is 0 Å². The Morgan fingerprint density at radius 3 is 2.24 bits per heavy atom. The normalized spacial score (nSPS) is 12.3. The largest absolute Gasteiger partial charge is 0.453 e. The van der Waals surface area contributed by atoms with Gasteiger partial charge in [-0.05, 0) is 12.1 Å². The lowest BCUT2D eigenvalue weighted by Crippen LogP contribution is -2.13. The van der Waals surface area contributed by atoms with Crippen LogP contribution in [0.4, 0.5) is 13.2 Å². The van der Waals surface area contributed by atoms with E-state index in [1.807, 2.05) is 0 Å². The number of hydrogen-bond donors (Lipinski definition) is 1. The number of rotatable bonds is 3. The second-order valence-electron chi connectivity index (χ2n) is 4.93. The highest BCUT2D eigenvalue weighted by atomic mass is 32.2. The van der Waals surface area contributed by atoms with Gasteiger partial charge >= 0.3 is 6.18 Å². The van der Waals surface area contributed by atoms with Gasteiger partial charge in [-0.15, -0.1) is 5.10 Å². The fourth-order valence-corrected chi connectivity index (χ4v) is 2.49. The van der Waals surface area contributed by atoms with Crippen LogP contribution in [0.2, 0.25) is 0 Å². The Labute approximate surface area is 140 Å². The monoisotopic (exact) mass is 369 g/mol. The molecule has 25 heavy (non-hydrogen) atoms. The van der Waals surface area contributed by atoms with E-state index in [0.29, 0.717) is 5.56 Å². The van der Waals surface area contributed by atoms with Gasteiger partial charge in [-0.3, -0.25) is 0 Å². The summed E-state index contributed by atoms with van der Waals surface area (Å²) in [5.41, 5.74) is 0.392. The van der Waals surface area contributed by atoms with Gasteiger partial charge in [0.1, 0.15) is 4.90 Å². The molecule has 2 N–H and O–H groups in total. The summed E-state index contributed by atoms with van der Waals surface area (Å²) in [4.78, 5) is 7.10. The Bertz CT molecular complexity index is 999. The summed E-state index contributed by atoms with van der Waals surface area (Å²) in [5.74, 6) is -1.44. The van der Waals surface area contributed by atoms with Gasteiger partial charge in [0.15, 0.2) is 11.6 Å². The summed E-state index contributed by atoms with van der Waals surface area (Å²) in [7, 11) is -3.97. The molecule has 0 atom stereocenters. The number of halogens is 3. The lowest BCUT2D eigenvalue weighted by Gasteiger charge is -2.05. The van der Waals surface area contributed by atoms with Gasteiger partial charge < -0.3 is 0 Å². The number of hydrogen-bond acceptors (Lipinski definition) is 5. The molecule has 0 spiro atoms. The molecule has 0 aliphatic carbocycles. The summed E-state index contributed by atoms with van der Waals surface area (Å²) < 4.78 is 62.3. The molecule has 0 radical (unpaired) electrons. The summed E-state index contributed by atoms with van der Waals surface area (Å²) >= 11 is 0. The van der Waals surface area contributed by atoms with Crippen molar-refractivity contribution in [2.24, 2.45) is 5.14 Å². The van der Waals surface area contributed by atoms with E-state index >= 15 is 0 Å². The van der Waals surface area contributed by atoms with Gasteiger partial charge in [-0.1, -0.05) is 30.3 Å². The van der Waals surface area contributed by atoms with E-state index in [1.54, 1.807) is 30.3 Å². The first-order valence-corrected chi connectivity index (χ1v) is 8.30. The van der Waals surface area contributed by atoms with E-state index in [9.17, 15) is 21.6 Å². The minimum Gasteiger partial charge on any atom is -0.236 e. The van der Waals surface area contributed by atoms with Gasteiger partial charge in [0.05, 0.1) is 0 Å². The van der Waals surface area contributed by atoms with Crippen LogP contribution in [0.15, 0.2) is 53.6 Å². The average molecular weight is 369 g/mol. The van der Waals surface area contributed by atoms with Gasteiger partial charge in [-0.25, -0.2) is 23.5 Å². The quantitative estimate of drug-likeness (QED) is 0.760. The fourth-order valence-electron chi connectivity index (χ4n) is 2.03. The summed E-state index contributed by atoms with van der Waals surface area (Å²) in [6.07, 6.45) is -3.80.